The van der Waals surface area contributed by atoms with Crippen molar-refractivity contribution < 1.29 is 23.5 Å². The monoisotopic (exact) mass is 261 g/mol. The molecule has 0 saturated carbocycles. The van der Waals surface area contributed by atoms with E-state index < -0.39 is 5.97 Å². The normalized spacial score (nSPS) is 12.5. The van der Waals surface area contributed by atoms with Gasteiger partial charge in [0.1, 0.15) is 5.56 Å². The van der Waals surface area contributed by atoms with Crippen LogP contribution in [0.15, 0.2) is 28.9 Å². The van der Waals surface area contributed by atoms with Crippen molar-refractivity contribution in [3.05, 3.63) is 30.0 Å². The van der Waals surface area contributed by atoms with E-state index in [1.54, 1.807) is 25.1 Å². The minimum Gasteiger partial charge on any atom is -0.462 e. The average Bonchev–Trinajstić information content (AvgIpc) is 3.07. The first-order valence-corrected chi connectivity index (χ1v) is 5.81. The molecule has 0 saturated heterocycles. The highest BCUT2D eigenvalue weighted by Gasteiger charge is 2.21. The van der Waals surface area contributed by atoms with Gasteiger partial charge in [0.2, 0.25) is 6.79 Å². The molecule has 0 amide bonds. The van der Waals surface area contributed by atoms with Crippen LogP contribution in [0.2, 0.25) is 0 Å². The number of benzene rings is 1. The van der Waals surface area contributed by atoms with Crippen LogP contribution in [0.4, 0.5) is 0 Å². The highest BCUT2D eigenvalue weighted by atomic mass is 16.7. The van der Waals surface area contributed by atoms with Crippen molar-refractivity contribution in [1.29, 1.82) is 0 Å². The Balaban J connectivity index is 1.99. The summed E-state index contributed by atoms with van der Waals surface area (Å²) >= 11 is 0. The molecule has 1 aromatic heterocycles. The first-order chi connectivity index (χ1) is 9.29. The number of esters is 1. The molecule has 0 fully saturated rings. The van der Waals surface area contributed by atoms with E-state index >= 15 is 0 Å². The minimum absolute atomic E-state index is 0.194. The van der Waals surface area contributed by atoms with E-state index in [1.165, 1.54) is 6.20 Å². The number of hydrogen-bond acceptors (Lipinski definition) is 6. The lowest BCUT2D eigenvalue weighted by molar-refractivity contribution is 0.0526. The second-order valence-electron chi connectivity index (χ2n) is 3.86. The van der Waals surface area contributed by atoms with Crippen LogP contribution in [-0.4, -0.2) is 24.5 Å². The van der Waals surface area contributed by atoms with E-state index in [9.17, 15) is 4.79 Å². The maximum Gasteiger partial charge on any atom is 0.343 e. The van der Waals surface area contributed by atoms with Crippen molar-refractivity contribution in [2.24, 2.45) is 0 Å². The van der Waals surface area contributed by atoms with Crippen molar-refractivity contribution in [3.8, 4) is 22.8 Å². The SMILES string of the molecule is CCOC(=O)c1cnoc1-c1ccc2c(c1)OCO2. The van der Waals surface area contributed by atoms with Crippen LogP contribution < -0.4 is 9.47 Å². The lowest BCUT2D eigenvalue weighted by Crippen LogP contribution is -2.04. The van der Waals surface area contributed by atoms with Crippen LogP contribution in [0.5, 0.6) is 11.5 Å². The van der Waals surface area contributed by atoms with Gasteiger partial charge in [-0.3, -0.25) is 0 Å². The number of fused-ring (bicyclic) bond motifs is 1. The summed E-state index contributed by atoms with van der Waals surface area (Å²) in [6, 6.07) is 5.28. The molecule has 6 nitrogen and oxygen atoms in total. The molecule has 19 heavy (non-hydrogen) atoms. The van der Waals surface area contributed by atoms with Crippen LogP contribution >= 0.6 is 0 Å². The summed E-state index contributed by atoms with van der Waals surface area (Å²) in [4.78, 5) is 11.8. The third-order valence-electron chi connectivity index (χ3n) is 2.70. The van der Waals surface area contributed by atoms with E-state index in [1.807, 2.05) is 0 Å². The fourth-order valence-corrected chi connectivity index (χ4v) is 1.84. The number of nitrogens with zero attached hydrogens (tertiary/aromatic N) is 1. The summed E-state index contributed by atoms with van der Waals surface area (Å²) in [5.41, 5.74) is 0.977. The summed E-state index contributed by atoms with van der Waals surface area (Å²) in [5, 5.41) is 3.65. The summed E-state index contributed by atoms with van der Waals surface area (Å²) in [6.45, 7) is 2.23. The largest absolute Gasteiger partial charge is 0.462 e. The van der Waals surface area contributed by atoms with Gasteiger partial charge in [0.15, 0.2) is 17.3 Å². The molecule has 98 valence electrons. The lowest BCUT2D eigenvalue weighted by Gasteiger charge is -2.02. The molecule has 0 bridgehead atoms. The minimum atomic E-state index is -0.462. The van der Waals surface area contributed by atoms with E-state index in [-0.39, 0.29) is 6.79 Å². The fraction of sp³-hybridized carbons (Fsp3) is 0.231. The van der Waals surface area contributed by atoms with E-state index in [4.69, 9.17) is 18.7 Å². The highest BCUT2D eigenvalue weighted by Crippen LogP contribution is 2.36. The second kappa shape index (κ2) is 4.64. The molecule has 0 atom stereocenters. The van der Waals surface area contributed by atoms with Crippen molar-refractivity contribution in [2.75, 3.05) is 13.4 Å². The number of rotatable bonds is 3. The number of ether oxygens (including phenoxy) is 3. The number of carbonyl (C=O) groups excluding carboxylic acids is 1. The quantitative estimate of drug-likeness (QED) is 0.789. The van der Waals surface area contributed by atoms with Crippen LogP contribution in [0.3, 0.4) is 0 Å². The first-order valence-electron chi connectivity index (χ1n) is 5.81. The Labute approximate surface area is 108 Å². The predicted octanol–water partition coefficient (Wildman–Crippen LogP) is 2.25. The molecular weight excluding hydrogens is 250 g/mol. The summed E-state index contributed by atoms with van der Waals surface area (Å²) in [6.07, 6.45) is 1.35. The third kappa shape index (κ3) is 2.01. The van der Waals surface area contributed by atoms with Crippen LogP contribution in [0, 0.1) is 0 Å². The van der Waals surface area contributed by atoms with Gasteiger partial charge in [-0.05, 0) is 25.1 Å². The van der Waals surface area contributed by atoms with Gasteiger partial charge in [-0.2, -0.15) is 0 Å². The molecule has 0 radical (unpaired) electrons. The van der Waals surface area contributed by atoms with Gasteiger partial charge in [0, 0.05) is 5.56 Å². The molecule has 1 aliphatic heterocycles. The Hall–Kier alpha value is -2.50. The smallest absolute Gasteiger partial charge is 0.343 e. The number of aromatic nitrogens is 1. The predicted molar refractivity (Wildman–Crippen MR) is 64.0 cm³/mol. The van der Waals surface area contributed by atoms with Crippen LogP contribution in [0.25, 0.3) is 11.3 Å². The zero-order chi connectivity index (χ0) is 13.2. The Kier molecular flexibility index (Phi) is 2.83. The third-order valence-corrected chi connectivity index (χ3v) is 2.70. The Morgan fingerprint density at radius 1 is 1.37 bits per heavy atom. The molecule has 0 aliphatic carbocycles. The number of carbonyl (C=O) groups is 1. The average molecular weight is 261 g/mol. The molecule has 2 heterocycles. The van der Waals surface area contributed by atoms with Crippen molar-refractivity contribution in [2.45, 2.75) is 6.92 Å². The standard InChI is InChI=1S/C13H11NO5/c1-2-16-13(15)9-6-14-19-12(9)8-3-4-10-11(5-8)18-7-17-10/h3-6H,2,7H2,1H3. The van der Waals surface area contributed by atoms with Crippen LogP contribution in [-0.2, 0) is 4.74 Å². The Morgan fingerprint density at radius 3 is 3.05 bits per heavy atom. The van der Waals surface area contributed by atoms with E-state index in [2.05, 4.69) is 5.16 Å². The van der Waals surface area contributed by atoms with Gasteiger partial charge in [-0.25, -0.2) is 4.79 Å². The van der Waals surface area contributed by atoms with Gasteiger partial charge in [0.05, 0.1) is 12.8 Å². The van der Waals surface area contributed by atoms with Crippen molar-refractivity contribution in [1.82, 2.24) is 5.16 Å². The van der Waals surface area contributed by atoms with Crippen molar-refractivity contribution >= 4 is 5.97 Å². The maximum atomic E-state index is 11.8. The molecule has 0 unspecified atom stereocenters. The summed E-state index contributed by atoms with van der Waals surface area (Å²) in [7, 11) is 0. The van der Waals surface area contributed by atoms with Gasteiger partial charge < -0.3 is 18.7 Å². The molecular formula is C13H11NO5. The Bertz CT molecular complexity index is 619. The lowest BCUT2D eigenvalue weighted by atomic mass is 10.1. The van der Waals surface area contributed by atoms with Crippen molar-refractivity contribution in [3.63, 3.8) is 0 Å². The number of hydrogen-bond donors (Lipinski definition) is 0. The second-order valence-corrected chi connectivity index (χ2v) is 3.86. The molecule has 2 aromatic rings. The van der Waals surface area contributed by atoms with Crippen LogP contribution in [0.1, 0.15) is 17.3 Å². The molecule has 0 spiro atoms. The fourth-order valence-electron chi connectivity index (χ4n) is 1.84. The van der Waals surface area contributed by atoms with E-state index in [0.29, 0.717) is 35.0 Å². The van der Waals surface area contributed by atoms with Gasteiger partial charge >= 0.3 is 5.97 Å². The molecule has 1 aromatic carbocycles. The molecule has 0 N–H and O–H groups in total. The maximum absolute atomic E-state index is 11.8. The molecule has 1 aliphatic rings. The highest BCUT2D eigenvalue weighted by molar-refractivity contribution is 5.95. The summed E-state index contributed by atoms with van der Waals surface area (Å²) in [5.74, 6) is 1.18. The first kappa shape index (κ1) is 11.6. The molecule has 6 heteroatoms. The summed E-state index contributed by atoms with van der Waals surface area (Å²) < 4.78 is 20.6. The van der Waals surface area contributed by atoms with Gasteiger partial charge in [0.25, 0.3) is 0 Å². The van der Waals surface area contributed by atoms with Gasteiger partial charge in [-0.15, -0.1) is 0 Å². The zero-order valence-corrected chi connectivity index (χ0v) is 10.2. The van der Waals surface area contributed by atoms with E-state index in [0.717, 1.165) is 0 Å². The Morgan fingerprint density at radius 2 is 2.21 bits per heavy atom. The zero-order valence-electron chi connectivity index (χ0n) is 10.2. The van der Waals surface area contributed by atoms with Gasteiger partial charge in [-0.1, -0.05) is 5.16 Å². The topological polar surface area (TPSA) is 70.8 Å². The molecule has 3 rings (SSSR count).